The Morgan fingerprint density at radius 1 is 1.29 bits per heavy atom. The van der Waals surface area contributed by atoms with Gasteiger partial charge in [-0.15, -0.1) is 11.3 Å². The van der Waals surface area contributed by atoms with Crippen LogP contribution in [-0.2, 0) is 13.0 Å². The normalized spacial score (nSPS) is 18.0. The molecule has 0 bridgehead atoms. The third-order valence-electron chi connectivity index (χ3n) is 4.48. The Labute approximate surface area is 128 Å². The molecule has 108 valence electrons. The maximum Gasteiger partial charge on any atom is 0.134 e. The van der Waals surface area contributed by atoms with Crippen LogP contribution in [0, 0.1) is 6.92 Å². The molecule has 3 aromatic rings. The molecule has 1 unspecified atom stereocenters. The number of benzene rings is 1. The highest BCUT2D eigenvalue weighted by atomic mass is 32.1. The Balaban J connectivity index is 1.59. The highest BCUT2D eigenvalue weighted by Gasteiger charge is 2.21. The number of thiophene rings is 1. The average molecular weight is 297 g/mol. The number of aryl methyl sites for hydroxylation is 2. The van der Waals surface area contributed by atoms with Crippen molar-refractivity contribution in [3.8, 4) is 0 Å². The maximum atomic E-state index is 5.86. The molecule has 0 fully saturated rings. The van der Waals surface area contributed by atoms with Crippen molar-refractivity contribution in [3.05, 3.63) is 57.5 Å². The third-order valence-corrected chi connectivity index (χ3v) is 5.47. The van der Waals surface area contributed by atoms with E-state index in [0.717, 1.165) is 17.9 Å². The first-order chi connectivity index (χ1) is 10.3. The highest BCUT2D eigenvalue weighted by Crippen LogP contribution is 2.34. The Morgan fingerprint density at radius 2 is 2.19 bits per heavy atom. The van der Waals surface area contributed by atoms with E-state index in [-0.39, 0.29) is 0 Å². The van der Waals surface area contributed by atoms with E-state index in [0.29, 0.717) is 6.04 Å². The molecular formula is C18H19NOS. The minimum Gasteiger partial charge on any atom is -0.461 e. The summed E-state index contributed by atoms with van der Waals surface area (Å²) in [4.78, 5) is 1.56. The minimum atomic E-state index is 0.494. The van der Waals surface area contributed by atoms with Gasteiger partial charge in [0, 0.05) is 28.4 Å². The smallest absolute Gasteiger partial charge is 0.134 e. The molecule has 2 heterocycles. The van der Waals surface area contributed by atoms with Gasteiger partial charge in [0.25, 0.3) is 0 Å². The number of nitrogens with one attached hydrogen (secondary N) is 1. The van der Waals surface area contributed by atoms with Crippen LogP contribution in [0.3, 0.4) is 0 Å². The van der Waals surface area contributed by atoms with Gasteiger partial charge in [0.2, 0.25) is 0 Å². The first-order valence-corrected chi connectivity index (χ1v) is 8.47. The maximum absolute atomic E-state index is 5.86. The van der Waals surface area contributed by atoms with Gasteiger partial charge in [-0.3, -0.25) is 0 Å². The van der Waals surface area contributed by atoms with E-state index in [9.17, 15) is 0 Å². The van der Waals surface area contributed by atoms with Gasteiger partial charge in [-0.25, -0.2) is 0 Å². The molecule has 0 aliphatic heterocycles. The van der Waals surface area contributed by atoms with E-state index < -0.39 is 0 Å². The third kappa shape index (κ3) is 2.30. The van der Waals surface area contributed by atoms with Crippen molar-refractivity contribution >= 4 is 22.3 Å². The molecule has 2 nitrogen and oxygen atoms in total. The summed E-state index contributed by atoms with van der Waals surface area (Å²) in [6.45, 7) is 2.94. The number of hydrogen-bond acceptors (Lipinski definition) is 3. The Hall–Kier alpha value is -1.58. The first kappa shape index (κ1) is 13.1. The van der Waals surface area contributed by atoms with Crippen molar-refractivity contribution in [3.63, 3.8) is 0 Å². The van der Waals surface area contributed by atoms with Crippen LogP contribution in [-0.4, -0.2) is 0 Å². The lowest BCUT2D eigenvalue weighted by atomic mass is 9.94. The second kappa shape index (κ2) is 5.32. The lowest BCUT2D eigenvalue weighted by Crippen LogP contribution is -2.24. The average Bonchev–Trinajstić information content (AvgIpc) is 3.09. The molecule has 3 heteroatoms. The predicted octanol–water partition coefficient (Wildman–Crippen LogP) is 4.97. The molecular weight excluding hydrogens is 278 g/mol. The first-order valence-electron chi connectivity index (χ1n) is 7.59. The number of fused-ring (bicyclic) bond motifs is 2. The van der Waals surface area contributed by atoms with Crippen LogP contribution in [0.1, 0.15) is 40.6 Å². The largest absolute Gasteiger partial charge is 0.461 e. The van der Waals surface area contributed by atoms with Gasteiger partial charge >= 0.3 is 0 Å². The van der Waals surface area contributed by atoms with E-state index in [1.807, 2.05) is 23.5 Å². The van der Waals surface area contributed by atoms with Crippen molar-refractivity contribution in [2.75, 3.05) is 0 Å². The van der Waals surface area contributed by atoms with E-state index in [1.54, 1.807) is 4.88 Å². The number of hydrogen-bond donors (Lipinski definition) is 1. The summed E-state index contributed by atoms with van der Waals surface area (Å²) in [7, 11) is 0. The topological polar surface area (TPSA) is 25.2 Å². The van der Waals surface area contributed by atoms with E-state index in [1.165, 1.54) is 35.8 Å². The molecule has 0 saturated heterocycles. The summed E-state index contributed by atoms with van der Waals surface area (Å²) >= 11 is 1.90. The zero-order valence-corrected chi connectivity index (χ0v) is 13.0. The molecule has 1 N–H and O–H groups in total. The summed E-state index contributed by atoms with van der Waals surface area (Å²) in [5.74, 6) is 1.03. The molecule has 1 atom stereocenters. The van der Waals surface area contributed by atoms with Crippen molar-refractivity contribution in [2.45, 2.75) is 38.8 Å². The standard InChI is InChI=1S/C18H19NOS/c1-12-15(13-5-2-3-7-17(13)20-12)11-19-16-6-4-8-18-14(16)9-10-21-18/h2-3,5,7,9-10,16,19H,4,6,8,11H2,1H3. The van der Waals surface area contributed by atoms with Crippen LogP contribution in [0.15, 0.2) is 40.1 Å². The van der Waals surface area contributed by atoms with Crippen LogP contribution in [0.5, 0.6) is 0 Å². The number of para-hydroxylation sites is 1. The second-order valence-corrected chi connectivity index (χ2v) is 6.76. The molecule has 0 radical (unpaired) electrons. The quantitative estimate of drug-likeness (QED) is 0.738. The summed E-state index contributed by atoms with van der Waals surface area (Å²) in [5, 5.41) is 7.21. The van der Waals surface area contributed by atoms with Crippen LogP contribution in [0.25, 0.3) is 11.0 Å². The Morgan fingerprint density at radius 3 is 3.14 bits per heavy atom. The van der Waals surface area contributed by atoms with Crippen LogP contribution >= 0.6 is 11.3 Å². The molecule has 4 rings (SSSR count). The predicted molar refractivity (Wildman–Crippen MR) is 87.8 cm³/mol. The van der Waals surface area contributed by atoms with Crippen molar-refractivity contribution in [2.24, 2.45) is 0 Å². The Kier molecular flexibility index (Phi) is 3.32. The molecule has 1 aromatic carbocycles. The van der Waals surface area contributed by atoms with Gasteiger partial charge < -0.3 is 9.73 Å². The Bertz CT molecular complexity index is 770. The van der Waals surface area contributed by atoms with E-state index in [4.69, 9.17) is 4.42 Å². The molecule has 0 amide bonds. The van der Waals surface area contributed by atoms with Gasteiger partial charge in [-0.2, -0.15) is 0 Å². The molecule has 0 spiro atoms. The summed E-state index contributed by atoms with van der Waals surface area (Å²) < 4.78 is 5.86. The van der Waals surface area contributed by atoms with Gasteiger partial charge in [0.15, 0.2) is 0 Å². The van der Waals surface area contributed by atoms with Crippen molar-refractivity contribution in [1.29, 1.82) is 0 Å². The molecule has 21 heavy (non-hydrogen) atoms. The minimum absolute atomic E-state index is 0.494. The van der Waals surface area contributed by atoms with E-state index in [2.05, 4.69) is 35.8 Å². The second-order valence-electron chi connectivity index (χ2n) is 5.76. The van der Waals surface area contributed by atoms with Gasteiger partial charge in [-0.05, 0) is 49.3 Å². The van der Waals surface area contributed by atoms with Crippen molar-refractivity contribution < 1.29 is 4.42 Å². The number of rotatable bonds is 3. The van der Waals surface area contributed by atoms with Gasteiger partial charge in [0.05, 0.1) is 0 Å². The molecule has 1 aliphatic rings. The summed E-state index contributed by atoms with van der Waals surface area (Å²) in [6, 6.07) is 11.1. The van der Waals surface area contributed by atoms with Crippen LogP contribution in [0.4, 0.5) is 0 Å². The lowest BCUT2D eigenvalue weighted by Gasteiger charge is -2.23. The molecule has 2 aromatic heterocycles. The number of furan rings is 1. The summed E-state index contributed by atoms with van der Waals surface area (Å²) in [6.07, 6.45) is 3.77. The molecule has 1 aliphatic carbocycles. The van der Waals surface area contributed by atoms with Crippen molar-refractivity contribution in [1.82, 2.24) is 5.32 Å². The zero-order chi connectivity index (χ0) is 14.2. The fourth-order valence-corrected chi connectivity index (χ4v) is 4.35. The highest BCUT2D eigenvalue weighted by molar-refractivity contribution is 7.10. The monoisotopic (exact) mass is 297 g/mol. The fourth-order valence-electron chi connectivity index (χ4n) is 3.36. The summed E-state index contributed by atoms with van der Waals surface area (Å²) in [5.41, 5.74) is 3.80. The van der Waals surface area contributed by atoms with Crippen LogP contribution in [0.2, 0.25) is 0 Å². The lowest BCUT2D eigenvalue weighted by molar-refractivity contribution is 0.460. The fraction of sp³-hybridized carbons (Fsp3) is 0.333. The van der Waals surface area contributed by atoms with E-state index >= 15 is 0 Å². The van der Waals surface area contributed by atoms with Gasteiger partial charge in [-0.1, -0.05) is 18.2 Å². The SMILES string of the molecule is Cc1oc2ccccc2c1CNC1CCCc2sccc21. The zero-order valence-electron chi connectivity index (χ0n) is 12.2. The van der Waals surface area contributed by atoms with Gasteiger partial charge in [0.1, 0.15) is 11.3 Å². The van der Waals surface area contributed by atoms with Crippen LogP contribution < -0.4 is 5.32 Å². The molecule has 0 saturated carbocycles.